The molecule has 0 aromatic heterocycles. The van der Waals surface area contributed by atoms with Gasteiger partial charge in [-0.2, -0.15) is 0 Å². The maximum Gasteiger partial charge on any atom is 0.203 e. The second-order valence-corrected chi connectivity index (χ2v) is 7.48. The Hall–Kier alpha value is -3.90. The molecule has 0 radical (unpaired) electrons. The van der Waals surface area contributed by atoms with Crippen LogP contribution in [-0.4, -0.2) is 34.2 Å². The fourth-order valence-corrected chi connectivity index (χ4v) is 3.53. The van der Waals surface area contributed by atoms with E-state index in [1.807, 2.05) is 42.5 Å². The van der Waals surface area contributed by atoms with E-state index in [-0.39, 0.29) is 5.78 Å². The van der Waals surface area contributed by atoms with Gasteiger partial charge in [-0.1, -0.05) is 54.1 Å². The van der Waals surface area contributed by atoms with Crippen LogP contribution in [0.1, 0.15) is 21.5 Å². The van der Waals surface area contributed by atoms with Crippen molar-refractivity contribution in [2.75, 3.05) is 33.8 Å². The van der Waals surface area contributed by atoms with E-state index in [1.165, 1.54) is 6.08 Å². The minimum Gasteiger partial charge on any atom is -0.495 e. The number of carbonyl (C=O) groups excluding carboxylic acids is 1. The van der Waals surface area contributed by atoms with Crippen LogP contribution in [-0.2, 0) is 0 Å². The van der Waals surface area contributed by atoms with Gasteiger partial charge in [-0.05, 0) is 29.3 Å². The molecule has 0 aliphatic carbocycles. The third-order valence-corrected chi connectivity index (χ3v) is 5.29. The van der Waals surface area contributed by atoms with Gasteiger partial charge in [-0.3, -0.25) is 4.79 Å². The van der Waals surface area contributed by atoms with Gasteiger partial charge < -0.3 is 24.3 Å². The monoisotopic (exact) mass is 479 g/mol. The molecule has 3 rings (SSSR count). The minimum atomic E-state index is -0.108. The SMILES string of the molecule is COc1cc(NC=CC(=O)c2ccccc2)c(C=Cc2cc(OC)c(OC)c(OC)c2)cc1Cl. The number of allylic oxidation sites excluding steroid dienone is 1. The Kier molecular flexibility index (Phi) is 8.60. The summed E-state index contributed by atoms with van der Waals surface area (Å²) in [5, 5.41) is 3.61. The third-order valence-electron chi connectivity index (χ3n) is 5.00. The molecule has 0 spiro atoms. The number of halogens is 1. The molecular formula is C27H26ClNO5. The molecule has 3 aromatic carbocycles. The summed E-state index contributed by atoms with van der Waals surface area (Å²) in [4.78, 5) is 12.4. The van der Waals surface area contributed by atoms with Crippen LogP contribution in [0.2, 0.25) is 5.02 Å². The fourth-order valence-electron chi connectivity index (χ4n) is 3.28. The summed E-state index contributed by atoms with van der Waals surface area (Å²) >= 11 is 6.37. The number of hydrogen-bond donors (Lipinski definition) is 1. The largest absolute Gasteiger partial charge is 0.495 e. The second-order valence-electron chi connectivity index (χ2n) is 7.07. The predicted octanol–water partition coefficient (Wildman–Crippen LogP) is 6.35. The number of ketones is 1. The van der Waals surface area contributed by atoms with Gasteiger partial charge in [0.25, 0.3) is 0 Å². The van der Waals surface area contributed by atoms with E-state index in [0.717, 1.165) is 11.1 Å². The smallest absolute Gasteiger partial charge is 0.203 e. The van der Waals surface area contributed by atoms with E-state index in [4.69, 9.17) is 30.5 Å². The number of hydrogen-bond acceptors (Lipinski definition) is 6. The second kappa shape index (κ2) is 11.8. The molecule has 0 atom stereocenters. The number of benzene rings is 3. The fraction of sp³-hybridized carbons (Fsp3) is 0.148. The number of nitrogens with one attached hydrogen (secondary N) is 1. The van der Waals surface area contributed by atoms with Crippen LogP contribution < -0.4 is 24.3 Å². The highest BCUT2D eigenvalue weighted by Crippen LogP contribution is 2.39. The molecule has 0 amide bonds. The summed E-state index contributed by atoms with van der Waals surface area (Å²) < 4.78 is 21.6. The lowest BCUT2D eigenvalue weighted by Crippen LogP contribution is -1.98. The van der Waals surface area contributed by atoms with Crippen molar-refractivity contribution in [3.63, 3.8) is 0 Å². The van der Waals surface area contributed by atoms with Crippen LogP contribution in [0.4, 0.5) is 5.69 Å². The Balaban J connectivity index is 1.91. The van der Waals surface area contributed by atoms with Crippen LogP contribution in [0, 0.1) is 0 Å². The molecule has 0 aliphatic rings. The first-order valence-corrected chi connectivity index (χ1v) is 10.8. The molecule has 0 saturated carbocycles. The Labute approximate surface area is 204 Å². The highest BCUT2D eigenvalue weighted by atomic mass is 35.5. The number of anilines is 1. The van der Waals surface area contributed by atoms with Gasteiger partial charge in [-0.15, -0.1) is 0 Å². The summed E-state index contributed by atoms with van der Waals surface area (Å²) in [7, 11) is 6.24. The summed E-state index contributed by atoms with van der Waals surface area (Å²) in [6.45, 7) is 0. The zero-order valence-electron chi connectivity index (χ0n) is 19.4. The van der Waals surface area contributed by atoms with Crippen molar-refractivity contribution < 1.29 is 23.7 Å². The lowest BCUT2D eigenvalue weighted by atomic mass is 10.1. The molecular weight excluding hydrogens is 454 g/mol. The highest BCUT2D eigenvalue weighted by molar-refractivity contribution is 6.32. The van der Waals surface area contributed by atoms with Crippen molar-refractivity contribution in [1.29, 1.82) is 0 Å². The van der Waals surface area contributed by atoms with Crippen molar-refractivity contribution in [2.45, 2.75) is 0 Å². The summed E-state index contributed by atoms with van der Waals surface area (Å²) in [6.07, 6.45) is 6.85. The summed E-state index contributed by atoms with van der Waals surface area (Å²) in [6, 6.07) is 16.3. The van der Waals surface area contributed by atoms with E-state index >= 15 is 0 Å². The summed E-state index contributed by atoms with van der Waals surface area (Å²) in [5.41, 5.74) is 2.94. The Bertz CT molecular complexity index is 1180. The Morgan fingerprint density at radius 3 is 2.06 bits per heavy atom. The molecule has 0 unspecified atom stereocenters. The first-order valence-electron chi connectivity index (χ1n) is 10.4. The number of carbonyl (C=O) groups is 1. The molecule has 7 heteroatoms. The molecule has 0 bridgehead atoms. The van der Waals surface area contributed by atoms with Gasteiger partial charge in [0.1, 0.15) is 5.75 Å². The maximum absolute atomic E-state index is 12.4. The van der Waals surface area contributed by atoms with Crippen molar-refractivity contribution in [2.24, 2.45) is 0 Å². The van der Waals surface area contributed by atoms with Crippen LogP contribution >= 0.6 is 11.6 Å². The first-order chi connectivity index (χ1) is 16.5. The normalized spacial score (nSPS) is 11.0. The zero-order chi connectivity index (χ0) is 24.5. The topological polar surface area (TPSA) is 66.0 Å². The molecule has 0 heterocycles. The van der Waals surface area contributed by atoms with E-state index < -0.39 is 0 Å². The molecule has 0 fully saturated rings. The van der Waals surface area contributed by atoms with Gasteiger partial charge in [-0.25, -0.2) is 0 Å². The average molecular weight is 480 g/mol. The molecule has 0 saturated heterocycles. The standard InChI is InChI=1S/C27H26ClNO5/c1-31-24-17-22(29-13-12-23(30)19-8-6-5-7-9-19)20(16-21(24)28)11-10-18-14-25(32-2)27(34-4)26(15-18)33-3/h5-17,29H,1-4H3. The predicted molar refractivity (Wildman–Crippen MR) is 137 cm³/mol. The van der Waals surface area contributed by atoms with Gasteiger partial charge in [0, 0.05) is 29.6 Å². The van der Waals surface area contributed by atoms with Crippen LogP contribution in [0.5, 0.6) is 23.0 Å². The Morgan fingerprint density at radius 2 is 1.47 bits per heavy atom. The number of methoxy groups -OCH3 is 4. The minimum absolute atomic E-state index is 0.108. The summed E-state index contributed by atoms with van der Waals surface area (Å²) in [5.74, 6) is 2.02. The maximum atomic E-state index is 12.4. The van der Waals surface area contributed by atoms with Gasteiger partial charge in [0.05, 0.1) is 33.5 Å². The van der Waals surface area contributed by atoms with Crippen molar-refractivity contribution in [3.05, 3.63) is 88.6 Å². The molecule has 176 valence electrons. The molecule has 0 aliphatic heterocycles. The lowest BCUT2D eigenvalue weighted by Gasteiger charge is -2.13. The number of rotatable bonds is 10. The average Bonchev–Trinajstić information content (AvgIpc) is 2.87. The van der Waals surface area contributed by atoms with E-state index in [9.17, 15) is 4.79 Å². The highest BCUT2D eigenvalue weighted by Gasteiger charge is 2.12. The van der Waals surface area contributed by atoms with E-state index in [1.54, 1.807) is 58.9 Å². The zero-order valence-corrected chi connectivity index (χ0v) is 20.2. The molecule has 6 nitrogen and oxygen atoms in total. The lowest BCUT2D eigenvalue weighted by molar-refractivity contribution is 0.104. The number of ether oxygens (including phenoxy) is 4. The quantitative estimate of drug-likeness (QED) is 0.207. The third kappa shape index (κ3) is 5.91. The van der Waals surface area contributed by atoms with Crippen LogP contribution in [0.3, 0.4) is 0 Å². The molecule has 34 heavy (non-hydrogen) atoms. The Morgan fingerprint density at radius 1 is 0.824 bits per heavy atom. The van der Waals surface area contributed by atoms with Crippen molar-refractivity contribution in [3.8, 4) is 23.0 Å². The molecule has 1 N–H and O–H groups in total. The van der Waals surface area contributed by atoms with Crippen LogP contribution in [0.25, 0.3) is 12.2 Å². The van der Waals surface area contributed by atoms with Crippen LogP contribution in [0.15, 0.2) is 66.9 Å². The van der Waals surface area contributed by atoms with Gasteiger partial charge in [0.2, 0.25) is 5.75 Å². The first kappa shape index (κ1) is 24.7. The van der Waals surface area contributed by atoms with Crippen molar-refractivity contribution in [1.82, 2.24) is 0 Å². The van der Waals surface area contributed by atoms with Gasteiger partial charge in [0.15, 0.2) is 17.3 Å². The van der Waals surface area contributed by atoms with Crippen molar-refractivity contribution >= 4 is 35.2 Å². The van der Waals surface area contributed by atoms with E-state index in [0.29, 0.717) is 39.3 Å². The molecule has 3 aromatic rings. The van der Waals surface area contributed by atoms with E-state index in [2.05, 4.69) is 5.32 Å². The van der Waals surface area contributed by atoms with Gasteiger partial charge >= 0.3 is 0 Å².